The lowest BCUT2D eigenvalue weighted by Gasteiger charge is -2.28. The molecule has 0 bridgehead atoms. The Labute approximate surface area is 114 Å². The highest BCUT2D eigenvalue weighted by molar-refractivity contribution is 4.77. The molecule has 0 aromatic carbocycles. The van der Waals surface area contributed by atoms with Crippen molar-refractivity contribution in [1.82, 2.24) is 20.0 Å². The summed E-state index contributed by atoms with van der Waals surface area (Å²) < 4.78 is 7.21. The lowest BCUT2D eigenvalue weighted by molar-refractivity contribution is 0.0149. The van der Waals surface area contributed by atoms with Crippen LogP contribution in [0.5, 0.6) is 0 Å². The van der Waals surface area contributed by atoms with Gasteiger partial charge in [0, 0.05) is 45.1 Å². The van der Waals surface area contributed by atoms with E-state index >= 15 is 0 Å². The molecule has 2 rings (SSSR count). The van der Waals surface area contributed by atoms with E-state index in [-0.39, 0.29) is 6.10 Å². The highest BCUT2D eigenvalue weighted by Crippen LogP contribution is 1.98. The van der Waals surface area contributed by atoms with Gasteiger partial charge in [-0.25, -0.2) is 0 Å². The summed E-state index contributed by atoms with van der Waals surface area (Å²) in [6.45, 7) is 6.62. The van der Waals surface area contributed by atoms with Gasteiger partial charge < -0.3 is 15.2 Å². The lowest BCUT2D eigenvalue weighted by Crippen LogP contribution is -2.43. The van der Waals surface area contributed by atoms with Crippen molar-refractivity contribution in [2.75, 3.05) is 45.9 Å². The number of aryl methyl sites for hydroxylation is 1. The van der Waals surface area contributed by atoms with E-state index in [2.05, 4.69) is 15.3 Å². The van der Waals surface area contributed by atoms with Gasteiger partial charge >= 0.3 is 0 Å². The number of nitrogens with one attached hydrogen (secondary N) is 1. The number of aliphatic hydroxyl groups is 1. The van der Waals surface area contributed by atoms with Gasteiger partial charge in [-0.15, -0.1) is 0 Å². The topological polar surface area (TPSA) is 62.5 Å². The minimum Gasteiger partial charge on any atom is -0.390 e. The van der Waals surface area contributed by atoms with Crippen LogP contribution in [0.3, 0.4) is 0 Å². The maximum Gasteiger partial charge on any atom is 0.0791 e. The third kappa shape index (κ3) is 5.69. The maximum absolute atomic E-state index is 9.92. The van der Waals surface area contributed by atoms with E-state index in [4.69, 9.17) is 4.74 Å². The van der Waals surface area contributed by atoms with E-state index in [1.165, 1.54) is 0 Å². The van der Waals surface area contributed by atoms with Crippen molar-refractivity contribution in [2.45, 2.75) is 19.1 Å². The number of morpholine rings is 1. The van der Waals surface area contributed by atoms with Gasteiger partial charge in [-0.3, -0.25) is 9.58 Å². The van der Waals surface area contributed by atoms with Crippen LogP contribution in [0.15, 0.2) is 18.5 Å². The van der Waals surface area contributed by atoms with Crippen LogP contribution in [-0.4, -0.2) is 71.8 Å². The maximum atomic E-state index is 9.92. The molecule has 2 heterocycles. The molecule has 0 amide bonds. The summed E-state index contributed by atoms with van der Waals surface area (Å²) in [5.74, 6) is 0. The van der Waals surface area contributed by atoms with Crippen molar-refractivity contribution in [1.29, 1.82) is 0 Å². The summed E-state index contributed by atoms with van der Waals surface area (Å²) in [4.78, 5) is 2.25. The van der Waals surface area contributed by atoms with E-state index in [9.17, 15) is 5.11 Å². The molecule has 0 radical (unpaired) electrons. The number of hydrogen-bond acceptors (Lipinski definition) is 5. The molecule has 1 fully saturated rings. The Kier molecular flexibility index (Phi) is 6.29. The summed E-state index contributed by atoms with van der Waals surface area (Å²) >= 11 is 0. The molecule has 6 nitrogen and oxygen atoms in total. The van der Waals surface area contributed by atoms with Crippen LogP contribution < -0.4 is 5.32 Å². The van der Waals surface area contributed by atoms with Crippen molar-refractivity contribution in [3.8, 4) is 0 Å². The van der Waals surface area contributed by atoms with E-state index in [1.807, 2.05) is 16.9 Å². The third-order valence-electron chi connectivity index (χ3n) is 3.25. The Bertz CT molecular complexity index is 325. The van der Waals surface area contributed by atoms with Crippen LogP contribution in [0.1, 0.15) is 6.42 Å². The van der Waals surface area contributed by atoms with Gasteiger partial charge in [0.2, 0.25) is 0 Å². The number of aliphatic hydroxyl groups excluding tert-OH is 1. The van der Waals surface area contributed by atoms with Gasteiger partial charge in [0.15, 0.2) is 0 Å². The summed E-state index contributed by atoms with van der Waals surface area (Å²) in [5.41, 5.74) is 0. The zero-order chi connectivity index (χ0) is 13.3. The van der Waals surface area contributed by atoms with E-state index in [0.717, 1.165) is 52.4 Å². The molecule has 6 heteroatoms. The fourth-order valence-electron chi connectivity index (χ4n) is 2.21. The van der Waals surface area contributed by atoms with Gasteiger partial charge in [0.25, 0.3) is 0 Å². The zero-order valence-electron chi connectivity index (χ0n) is 11.4. The molecule has 1 aliphatic heterocycles. The van der Waals surface area contributed by atoms with Crippen LogP contribution in [0, 0.1) is 0 Å². The second-order valence-corrected chi connectivity index (χ2v) is 4.89. The Hall–Kier alpha value is -0.950. The second-order valence-electron chi connectivity index (χ2n) is 4.89. The Morgan fingerprint density at radius 2 is 2.21 bits per heavy atom. The smallest absolute Gasteiger partial charge is 0.0791 e. The van der Waals surface area contributed by atoms with E-state index in [1.54, 1.807) is 6.20 Å². The Balaban J connectivity index is 1.48. The molecule has 1 saturated heterocycles. The summed E-state index contributed by atoms with van der Waals surface area (Å²) in [5, 5.41) is 17.4. The monoisotopic (exact) mass is 268 g/mol. The Morgan fingerprint density at radius 1 is 1.37 bits per heavy atom. The van der Waals surface area contributed by atoms with Crippen LogP contribution in [0.25, 0.3) is 0 Å². The van der Waals surface area contributed by atoms with Crippen molar-refractivity contribution in [3.63, 3.8) is 0 Å². The number of hydrogen-bond donors (Lipinski definition) is 2. The average Bonchev–Trinajstić information content (AvgIpc) is 2.92. The molecule has 19 heavy (non-hydrogen) atoms. The van der Waals surface area contributed by atoms with Crippen LogP contribution in [0.2, 0.25) is 0 Å². The highest BCUT2D eigenvalue weighted by Gasteiger charge is 2.14. The highest BCUT2D eigenvalue weighted by atomic mass is 16.5. The summed E-state index contributed by atoms with van der Waals surface area (Å²) in [6.07, 6.45) is 4.47. The first-order valence-electron chi connectivity index (χ1n) is 7.01. The first-order chi connectivity index (χ1) is 9.34. The van der Waals surface area contributed by atoms with Gasteiger partial charge in [-0.1, -0.05) is 0 Å². The fourth-order valence-corrected chi connectivity index (χ4v) is 2.21. The predicted molar refractivity (Wildman–Crippen MR) is 73.0 cm³/mol. The zero-order valence-corrected chi connectivity index (χ0v) is 11.4. The average molecular weight is 268 g/mol. The number of ether oxygens (including phenoxy) is 1. The number of rotatable bonds is 8. The first-order valence-corrected chi connectivity index (χ1v) is 7.01. The predicted octanol–water partition coefficient (Wildman–Crippen LogP) is -0.444. The largest absolute Gasteiger partial charge is 0.390 e. The normalized spacial score (nSPS) is 18.6. The number of nitrogens with zero attached hydrogens (tertiary/aromatic N) is 3. The molecule has 1 aromatic rings. The summed E-state index contributed by atoms with van der Waals surface area (Å²) in [7, 11) is 0. The molecule has 1 aromatic heterocycles. The molecule has 0 saturated carbocycles. The standard InChI is InChI=1S/C13H24N4O2/c18-13(12-16-7-9-19-10-8-16)11-14-3-1-5-17-6-2-4-15-17/h2,4,6,13-14,18H,1,3,5,7-12H2. The van der Waals surface area contributed by atoms with Gasteiger partial charge in [-0.05, 0) is 19.0 Å². The SMILES string of the molecule is OC(CNCCCn1cccn1)CN1CCOCC1. The molecule has 1 atom stereocenters. The minimum atomic E-state index is -0.303. The minimum absolute atomic E-state index is 0.303. The summed E-state index contributed by atoms with van der Waals surface area (Å²) in [6, 6.07) is 1.93. The van der Waals surface area contributed by atoms with Crippen molar-refractivity contribution < 1.29 is 9.84 Å². The molecule has 2 N–H and O–H groups in total. The molecular weight excluding hydrogens is 244 g/mol. The molecule has 0 spiro atoms. The van der Waals surface area contributed by atoms with Gasteiger partial charge in [0.1, 0.15) is 0 Å². The van der Waals surface area contributed by atoms with Crippen LogP contribution in [0.4, 0.5) is 0 Å². The quantitative estimate of drug-likeness (QED) is 0.626. The fraction of sp³-hybridized carbons (Fsp3) is 0.769. The lowest BCUT2D eigenvalue weighted by atomic mass is 10.3. The van der Waals surface area contributed by atoms with Gasteiger partial charge in [0.05, 0.1) is 19.3 Å². The third-order valence-corrected chi connectivity index (χ3v) is 3.25. The second kappa shape index (κ2) is 8.27. The van der Waals surface area contributed by atoms with E-state index < -0.39 is 0 Å². The first kappa shape index (κ1) is 14.5. The number of aromatic nitrogens is 2. The Morgan fingerprint density at radius 3 is 2.95 bits per heavy atom. The number of β-amino-alcohol motifs (C(OH)–C–C–N with tert-alkyl or cyclic N) is 1. The molecule has 1 unspecified atom stereocenters. The van der Waals surface area contributed by atoms with Crippen LogP contribution >= 0.6 is 0 Å². The van der Waals surface area contributed by atoms with Crippen molar-refractivity contribution in [3.05, 3.63) is 18.5 Å². The molecule has 108 valence electrons. The van der Waals surface area contributed by atoms with Gasteiger partial charge in [-0.2, -0.15) is 5.10 Å². The van der Waals surface area contributed by atoms with E-state index in [0.29, 0.717) is 6.54 Å². The van der Waals surface area contributed by atoms with Crippen LogP contribution in [-0.2, 0) is 11.3 Å². The van der Waals surface area contributed by atoms with Crippen molar-refractivity contribution in [2.24, 2.45) is 0 Å². The molecule has 1 aliphatic rings. The molecular formula is C13H24N4O2. The van der Waals surface area contributed by atoms with Crippen molar-refractivity contribution >= 4 is 0 Å². The molecule has 0 aliphatic carbocycles.